The quantitative estimate of drug-likeness (QED) is 0.260. The van der Waals surface area contributed by atoms with Gasteiger partial charge in [-0.25, -0.2) is 0 Å². The van der Waals surface area contributed by atoms with Crippen LogP contribution >= 0.6 is 0 Å². The van der Waals surface area contributed by atoms with Crippen molar-refractivity contribution in [2.45, 2.75) is 20.3 Å². The van der Waals surface area contributed by atoms with E-state index in [-0.39, 0.29) is 17.8 Å². The molecule has 0 radical (unpaired) electrons. The first kappa shape index (κ1) is 22.4. The fraction of sp³-hybridized carbons (Fsp3) is 0.190. The van der Waals surface area contributed by atoms with Crippen LogP contribution in [0.2, 0.25) is 0 Å². The minimum atomic E-state index is -0.574. The largest absolute Gasteiger partial charge is 0.397 e. The monoisotopic (exact) mass is 349 g/mol. The lowest BCUT2D eigenvalue weighted by molar-refractivity contribution is -0.116. The second-order valence-corrected chi connectivity index (χ2v) is 4.87. The first-order valence-corrected chi connectivity index (χ1v) is 7.98. The lowest BCUT2D eigenvalue weighted by Gasteiger charge is -2.08. The first-order valence-electron chi connectivity index (χ1n) is 7.98. The third-order valence-corrected chi connectivity index (χ3v) is 2.99. The van der Waals surface area contributed by atoms with E-state index < -0.39 is 5.91 Å². The van der Waals surface area contributed by atoms with Crippen molar-refractivity contribution in [2.75, 3.05) is 6.54 Å². The number of terminal acetylenes is 1. The number of nitrogens with one attached hydrogen (secondary N) is 1. The summed E-state index contributed by atoms with van der Waals surface area (Å²) in [4.78, 5) is 23.1. The van der Waals surface area contributed by atoms with Crippen LogP contribution in [0.4, 0.5) is 0 Å². The SMILES string of the molecule is C#CC.CC/C=C\C=C/CNC(=O)/C(C#N)=C(\N)c1ccccc1C=O. The van der Waals surface area contributed by atoms with E-state index in [4.69, 9.17) is 5.73 Å². The van der Waals surface area contributed by atoms with Crippen molar-refractivity contribution in [3.05, 3.63) is 65.3 Å². The number of allylic oxidation sites excluding steroid dienone is 3. The maximum absolute atomic E-state index is 12.1. The molecule has 1 amide bonds. The van der Waals surface area contributed by atoms with Gasteiger partial charge in [0.2, 0.25) is 0 Å². The minimum Gasteiger partial charge on any atom is -0.397 e. The van der Waals surface area contributed by atoms with Crippen molar-refractivity contribution < 1.29 is 9.59 Å². The molecule has 5 heteroatoms. The molecule has 0 saturated heterocycles. The van der Waals surface area contributed by atoms with Crippen molar-refractivity contribution >= 4 is 17.9 Å². The van der Waals surface area contributed by atoms with Crippen LogP contribution in [0, 0.1) is 23.7 Å². The average Bonchev–Trinajstić information content (AvgIpc) is 2.65. The molecule has 0 aliphatic carbocycles. The molecule has 0 atom stereocenters. The number of nitrogens with two attached hydrogens (primary N) is 1. The molecule has 0 unspecified atom stereocenters. The number of hydrogen-bond donors (Lipinski definition) is 2. The summed E-state index contributed by atoms with van der Waals surface area (Å²) in [6.07, 6.45) is 13.6. The number of rotatable bonds is 7. The summed E-state index contributed by atoms with van der Waals surface area (Å²) in [5, 5.41) is 11.8. The fourth-order valence-electron chi connectivity index (χ4n) is 1.81. The van der Waals surface area contributed by atoms with Crippen molar-refractivity contribution in [1.29, 1.82) is 5.26 Å². The summed E-state index contributed by atoms with van der Waals surface area (Å²) >= 11 is 0. The van der Waals surface area contributed by atoms with Crippen LogP contribution in [-0.4, -0.2) is 18.7 Å². The molecule has 5 nitrogen and oxygen atoms in total. The summed E-state index contributed by atoms with van der Waals surface area (Å²) in [5.41, 5.74) is 6.38. The van der Waals surface area contributed by atoms with Gasteiger partial charge in [0.15, 0.2) is 6.29 Å². The number of nitrogens with zero attached hydrogens (tertiary/aromatic N) is 1. The molecule has 0 aliphatic rings. The molecule has 1 rings (SSSR count). The van der Waals surface area contributed by atoms with E-state index in [0.29, 0.717) is 17.4 Å². The van der Waals surface area contributed by atoms with Crippen LogP contribution in [0.25, 0.3) is 5.70 Å². The van der Waals surface area contributed by atoms with Crippen molar-refractivity contribution in [3.63, 3.8) is 0 Å². The zero-order valence-electron chi connectivity index (χ0n) is 15.0. The van der Waals surface area contributed by atoms with E-state index in [2.05, 4.69) is 17.7 Å². The third kappa shape index (κ3) is 7.81. The lowest BCUT2D eigenvalue weighted by Crippen LogP contribution is -2.26. The van der Waals surface area contributed by atoms with Crippen molar-refractivity contribution in [1.82, 2.24) is 5.32 Å². The van der Waals surface area contributed by atoms with Crippen LogP contribution < -0.4 is 11.1 Å². The molecule has 1 aromatic carbocycles. The van der Waals surface area contributed by atoms with Gasteiger partial charge in [0, 0.05) is 17.7 Å². The number of aldehydes is 1. The van der Waals surface area contributed by atoms with Crippen molar-refractivity contribution in [2.24, 2.45) is 5.73 Å². The van der Waals surface area contributed by atoms with Gasteiger partial charge < -0.3 is 11.1 Å². The first-order chi connectivity index (χ1) is 12.6. The Kier molecular flexibility index (Phi) is 11.9. The van der Waals surface area contributed by atoms with Crippen LogP contribution in [0.15, 0.2) is 54.1 Å². The summed E-state index contributed by atoms with van der Waals surface area (Å²) in [6.45, 7) is 3.96. The molecular formula is C21H23N3O2. The van der Waals surface area contributed by atoms with Gasteiger partial charge in [-0.3, -0.25) is 9.59 Å². The average molecular weight is 349 g/mol. The Bertz CT molecular complexity index is 775. The Morgan fingerprint density at radius 2 is 1.92 bits per heavy atom. The van der Waals surface area contributed by atoms with Gasteiger partial charge >= 0.3 is 0 Å². The van der Waals surface area contributed by atoms with Gasteiger partial charge in [-0.15, -0.1) is 12.3 Å². The Morgan fingerprint density at radius 3 is 2.50 bits per heavy atom. The molecule has 0 aliphatic heterocycles. The van der Waals surface area contributed by atoms with E-state index in [1.165, 1.54) is 0 Å². The van der Waals surface area contributed by atoms with E-state index in [0.717, 1.165) is 6.42 Å². The summed E-state index contributed by atoms with van der Waals surface area (Å²) < 4.78 is 0. The van der Waals surface area contributed by atoms with Crippen LogP contribution in [0.3, 0.4) is 0 Å². The number of benzene rings is 1. The highest BCUT2D eigenvalue weighted by Gasteiger charge is 2.15. The highest BCUT2D eigenvalue weighted by Crippen LogP contribution is 2.17. The summed E-state index contributed by atoms with van der Waals surface area (Å²) in [6, 6.07) is 8.34. The molecule has 1 aromatic rings. The molecule has 0 fully saturated rings. The Morgan fingerprint density at radius 1 is 1.31 bits per heavy atom. The highest BCUT2D eigenvalue weighted by atomic mass is 16.1. The number of nitriles is 1. The number of carbonyl (C=O) groups is 2. The minimum absolute atomic E-state index is 0.0115. The topological polar surface area (TPSA) is 96.0 Å². The number of carbonyl (C=O) groups excluding carboxylic acids is 2. The summed E-state index contributed by atoms with van der Waals surface area (Å²) in [5.74, 6) is 1.68. The van der Waals surface area contributed by atoms with E-state index in [1.54, 1.807) is 43.3 Å². The molecular weight excluding hydrogens is 326 g/mol. The van der Waals surface area contributed by atoms with Gasteiger partial charge in [-0.05, 0) is 13.3 Å². The lowest BCUT2D eigenvalue weighted by atomic mass is 10.0. The van der Waals surface area contributed by atoms with Crippen molar-refractivity contribution in [3.8, 4) is 18.4 Å². The van der Waals surface area contributed by atoms with E-state index >= 15 is 0 Å². The third-order valence-electron chi connectivity index (χ3n) is 2.99. The van der Waals surface area contributed by atoms with Gasteiger partial charge in [0.05, 0.1) is 5.70 Å². The Labute approximate surface area is 154 Å². The smallest absolute Gasteiger partial charge is 0.264 e. The molecule has 0 spiro atoms. The molecule has 3 N–H and O–H groups in total. The van der Waals surface area contributed by atoms with Gasteiger partial charge in [0.25, 0.3) is 5.91 Å². The van der Waals surface area contributed by atoms with Gasteiger partial charge in [-0.2, -0.15) is 5.26 Å². The molecule has 134 valence electrons. The highest BCUT2D eigenvalue weighted by molar-refractivity contribution is 6.05. The molecule has 0 saturated carbocycles. The molecule has 0 bridgehead atoms. The van der Waals surface area contributed by atoms with Gasteiger partial charge in [0.1, 0.15) is 11.6 Å². The molecule has 0 aromatic heterocycles. The van der Waals surface area contributed by atoms with E-state index in [9.17, 15) is 14.9 Å². The maximum Gasteiger partial charge on any atom is 0.264 e. The fourth-order valence-corrected chi connectivity index (χ4v) is 1.81. The number of amides is 1. The maximum atomic E-state index is 12.1. The normalized spacial score (nSPS) is 10.9. The zero-order chi connectivity index (χ0) is 19.8. The zero-order valence-corrected chi connectivity index (χ0v) is 15.0. The van der Waals surface area contributed by atoms with Crippen LogP contribution in [0.1, 0.15) is 36.2 Å². The second kappa shape index (κ2) is 13.8. The predicted octanol–water partition coefficient (Wildman–Crippen LogP) is 2.97. The van der Waals surface area contributed by atoms with E-state index in [1.807, 2.05) is 25.2 Å². The summed E-state index contributed by atoms with van der Waals surface area (Å²) in [7, 11) is 0. The standard InChI is InChI=1S/C18H19N3O2.C3H4/c1-2-3-4-5-8-11-21-18(23)16(12-19)17(20)15-10-7-6-9-14(15)13-22;1-3-2/h3-10,13H,2,11,20H2,1H3,(H,21,23);1H,2H3/b4-3-,8-5-,17-16-;. The second-order valence-electron chi connectivity index (χ2n) is 4.87. The Hall–Kier alpha value is -3.57. The van der Waals surface area contributed by atoms with Gasteiger partial charge in [-0.1, -0.05) is 55.5 Å². The Balaban J connectivity index is 0.00000194. The van der Waals surface area contributed by atoms with Crippen LogP contribution in [-0.2, 0) is 4.79 Å². The predicted molar refractivity (Wildman–Crippen MR) is 105 cm³/mol. The van der Waals surface area contributed by atoms with Crippen LogP contribution in [0.5, 0.6) is 0 Å². The molecule has 26 heavy (non-hydrogen) atoms. The molecule has 0 heterocycles. The number of hydrogen-bond acceptors (Lipinski definition) is 4.